The van der Waals surface area contributed by atoms with E-state index in [1.165, 1.54) is 6.07 Å². The lowest BCUT2D eigenvalue weighted by Gasteiger charge is -2.35. The van der Waals surface area contributed by atoms with Gasteiger partial charge >= 0.3 is 0 Å². The molecule has 5 rings (SSSR count). The number of hydrogen-bond acceptors (Lipinski definition) is 5. The Morgan fingerprint density at radius 3 is 2.47 bits per heavy atom. The third-order valence-corrected chi connectivity index (χ3v) is 6.88. The quantitative estimate of drug-likeness (QED) is 0.396. The lowest BCUT2D eigenvalue weighted by Crippen LogP contribution is -2.49. The average molecular weight is 480 g/mol. The number of nitro benzene ring substituents is 1. The third-order valence-electron chi connectivity index (χ3n) is 6.64. The van der Waals surface area contributed by atoms with Crippen LogP contribution in [0.3, 0.4) is 0 Å². The molecule has 1 fully saturated rings. The van der Waals surface area contributed by atoms with Crippen LogP contribution in [0.5, 0.6) is 0 Å². The summed E-state index contributed by atoms with van der Waals surface area (Å²) in [6, 6.07) is 14.7. The lowest BCUT2D eigenvalue weighted by atomic mass is 10.1. The first kappa shape index (κ1) is 22.4. The highest BCUT2D eigenvalue weighted by Gasteiger charge is 2.31. The van der Waals surface area contributed by atoms with Crippen molar-refractivity contribution in [1.29, 1.82) is 0 Å². The summed E-state index contributed by atoms with van der Waals surface area (Å²) < 4.78 is 2.23. The van der Waals surface area contributed by atoms with Crippen molar-refractivity contribution in [1.82, 2.24) is 14.5 Å². The van der Waals surface area contributed by atoms with Crippen LogP contribution in [0.2, 0.25) is 5.02 Å². The maximum absolute atomic E-state index is 13.6. The van der Waals surface area contributed by atoms with E-state index in [-0.39, 0.29) is 11.6 Å². The molecule has 0 bridgehead atoms. The fourth-order valence-corrected chi connectivity index (χ4v) is 5.08. The highest BCUT2D eigenvalue weighted by molar-refractivity contribution is 6.30. The molecule has 2 aromatic carbocycles. The van der Waals surface area contributed by atoms with E-state index < -0.39 is 4.92 Å². The number of piperazine rings is 1. The Hall–Kier alpha value is -3.39. The highest BCUT2D eigenvalue weighted by Crippen LogP contribution is 2.32. The van der Waals surface area contributed by atoms with E-state index in [2.05, 4.69) is 4.57 Å². The van der Waals surface area contributed by atoms with Gasteiger partial charge in [-0.2, -0.15) is 0 Å². The number of imidazole rings is 1. The van der Waals surface area contributed by atoms with Crippen molar-refractivity contribution in [3.05, 3.63) is 75.1 Å². The summed E-state index contributed by atoms with van der Waals surface area (Å²) in [7, 11) is 0. The molecule has 176 valence electrons. The van der Waals surface area contributed by atoms with Gasteiger partial charge in [0.25, 0.3) is 11.6 Å². The minimum Gasteiger partial charge on any atom is -0.362 e. The average Bonchev–Trinajstić information content (AvgIpc) is 3.04. The minimum absolute atomic E-state index is 0.0146. The number of hydrogen-bond donors (Lipinski definition) is 0. The molecule has 0 radical (unpaired) electrons. The van der Waals surface area contributed by atoms with Crippen molar-refractivity contribution >= 4 is 28.9 Å². The number of amides is 1. The van der Waals surface area contributed by atoms with Crippen molar-refractivity contribution in [3.8, 4) is 11.4 Å². The molecule has 1 saturated heterocycles. The van der Waals surface area contributed by atoms with E-state index in [1.54, 1.807) is 12.1 Å². The zero-order valence-electron chi connectivity index (χ0n) is 18.8. The largest absolute Gasteiger partial charge is 0.362 e. The van der Waals surface area contributed by atoms with Gasteiger partial charge in [0.15, 0.2) is 0 Å². The topological polar surface area (TPSA) is 84.5 Å². The molecule has 3 heterocycles. The van der Waals surface area contributed by atoms with Crippen LogP contribution in [0, 0.1) is 10.1 Å². The summed E-state index contributed by atoms with van der Waals surface area (Å²) in [5.74, 6) is 0.800. The van der Waals surface area contributed by atoms with E-state index in [9.17, 15) is 14.9 Å². The van der Waals surface area contributed by atoms with Crippen LogP contribution in [0.25, 0.3) is 11.4 Å². The van der Waals surface area contributed by atoms with Crippen LogP contribution in [-0.2, 0) is 13.0 Å². The Kier molecular flexibility index (Phi) is 6.24. The summed E-state index contributed by atoms with van der Waals surface area (Å²) in [4.78, 5) is 33.3. The van der Waals surface area contributed by atoms with Crippen LogP contribution in [0.4, 0.5) is 11.4 Å². The van der Waals surface area contributed by atoms with E-state index in [0.717, 1.165) is 49.3 Å². The van der Waals surface area contributed by atoms with Crippen LogP contribution in [0.15, 0.2) is 48.5 Å². The first-order chi connectivity index (χ1) is 16.5. The lowest BCUT2D eigenvalue weighted by molar-refractivity contribution is -0.384. The Balaban J connectivity index is 1.39. The maximum atomic E-state index is 13.6. The second-order valence-corrected chi connectivity index (χ2v) is 9.16. The first-order valence-electron chi connectivity index (χ1n) is 11.7. The number of nitrogens with zero attached hydrogens (tertiary/aromatic N) is 5. The molecule has 0 aliphatic carbocycles. The molecule has 1 amide bonds. The molecule has 34 heavy (non-hydrogen) atoms. The van der Waals surface area contributed by atoms with E-state index in [1.807, 2.05) is 40.1 Å². The van der Waals surface area contributed by atoms with Crippen LogP contribution >= 0.6 is 11.6 Å². The number of rotatable bonds is 4. The molecule has 3 aromatic rings. The van der Waals surface area contributed by atoms with Crippen molar-refractivity contribution < 1.29 is 9.72 Å². The Bertz CT molecular complexity index is 1220. The predicted octanol–water partition coefficient (Wildman–Crippen LogP) is 4.80. The van der Waals surface area contributed by atoms with Gasteiger partial charge < -0.3 is 14.4 Å². The summed E-state index contributed by atoms with van der Waals surface area (Å²) in [5, 5.41) is 11.8. The summed E-state index contributed by atoms with van der Waals surface area (Å²) in [5.41, 5.74) is 3.11. The molecular formula is C25H26ClN5O3. The molecule has 0 unspecified atom stereocenters. The molecule has 2 aliphatic rings. The second-order valence-electron chi connectivity index (χ2n) is 8.73. The van der Waals surface area contributed by atoms with Gasteiger partial charge in [0.2, 0.25) is 0 Å². The summed E-state index contributed by atoms with van der Waals surface area (Å²) in [6.45, 7) is 2.84. The van der Waals surface area contributed by atoms with Crippen molar-refractivity contribution in [3.63, 3.8) is 0 Å². The Morgan fingerprint density at radius 2 is 1.74 bits per heavy atom. The van der Waals surface area contributed by atoms with Crippen molar-refractivity contribution in [2.75, 3.05) is 31.1 Å². The number of fused-ring (bicyclic) bond motifs is 1. The number of carbonyl (C=O) groups excluding carboxylic acids is 1. The monoisotopic (exact) mass is 479 g/mol. The zero-order chi connectivity index (χ0) is 23.7. The number of anilines is 1. The minimum atomic E-state index is -0.412. The maximum Gasteiger partial charge on any atom is 0.294 e. The SMILES string of the molecule is O=C(c1nc(-c2ccccc2)n2c1CCCCC2)N1CCN(c2ccc(Cl)cc2[N+](=O)[O-])CC1. The fourth-order valence-electron chi connectivity index (χ4n) is 4.91. The smallest absolute Gasteiger partial charge is 0.294 e. The molecule has 1 aromatic heterocycles. The van der Waals surface area contributed by atoms with E-state index in [0.29, 0.717) is 42.6 Å². The number of nitro groups is 1. The summed E-state index contributed by atoms with van der Waals surface area (Å²) in [6.07, 6.45) is 4.11. The molecular weight excluding hydrogens is 454 g/mol. The number of carbonyl (C=O) groups is 1. The zero-order valence-corrected chi connectivity index (χ0v) is 19.6. The van der Waals surface area contributed by atoms with Gasteiger partial charge in [0.05, 0.1) is 10.6 Å². The van der Waals surface area contributed by atoms with E-state index in [4.69, 9.17) is 16.6 Å². The van der Waals surface area contributed by atoms with Crippen LogP contribution < -0.4 is 4.90 Å². The van der Waals surface area contributed by atoms with Gasteiger partial charge in [-0.25, -0.2) is 4.98 Å². The van der Waals surface area contributed by atoms with Gasteiger partial charge in [-0.3, -0.25) is 14.9 Å². The molecule has 0 atom stereocenters. The van der Waals surface area contributed by atoms with Gasteiger partial charge in [-0.15, -0.1) is 0 Å². The molecule has 0 saturated carbocycles. The number of aromatic nitrogens is 2. The van der Waals surface area contributed by atoms with Gasteiger partial charge in [0, 0.05) is 49.4 Å². The molecule has 0 N–H and O–H groups in total. The Morgan fingerprint density at radius 1 is 0.971 bits per heavy atom. The van der Waals surface area contributed by atoms with E-state index >= 15 is 0 Å². The normalized spacial score (nSPS) is 16.1. The fraction of sp³-hybridized carbons (Fsp3) is 0.360. The van der Waals surface area contributed by atoms with Gasteiger partial charge in [-0.05, 0) is 31.4 Å². The molecule has 2 aliphatic heterocycles. The summed E-state index contributed by atoms with van der Waals surface area (Å²) >= 11 is 5.96. The van der Waals surface area contributed by atoms with Crippen molar-refractivity contribution in [2.45, 2.75) is 32.2 Å². The first-order valence-corrected chi connectivity index (χ1v) is 12.0. The highest BCUT2D eigenvalue weighted by atomic mass is 35.5. The molecule has 9 heteroatoms. The van der Waals surface area contributed by atoms with Crippen LogP contribution in [0.1, 0.15) is 35.4 Å². The molecule has 0 spiro atoms. The predicted molar refractivity (Wildman–Crippen MR) is 131 cm³/mol. The van der Waals surface area contributed by atoms with Gasteiger partial charge in [-0.1, -0.05) is 48.4 Å². The van der Waals surface area contributed by atoms with Crippen LogP contribution in [-0.4, -0.2) is 51.5 Å². The number of halogens is 1. The number of benzene rings is 2. The standard InChI is InChI=1S/C25H26ClN5O3/c26-19-10-11-20(22(17-19)31(33)34)28-13-15-29(16-14-28)25(32)23-21-9-5-2-6-12-30(21)24(27-23)18-7-3-1-4-8-18/h1,3-4,7-8,10-11,17H,2,5-6,9,12-16H2. The third kappa shape index (κ3) is 4.25. The van der Waals surface area contributed by atoms with Gasteiger partial charge in [0.1, 0.15) is 17.2 Å². The molecule has 8 nitrogen and oxygen atoms in total. The van der Waals surface area contributed by atoms with Crippen molar-refractivity contribution in [2.24, 2.45) is 0 Å². The second kappa shape index (κ2) is 9.46. The Labute approximate surface area is 202 Å².